The van der Waals surface area contributed by atoms with E-state index in [-0.39, 0.29) is 11.4 Å². The summed E-state index contributed by atoms with van der Waals surface area (Å²) in [6.45, 7) is 3.80. The molecular weight excluding hydrogens is 394 g/mol. The van der Waals surface area contributed by atoms with E-state index in [4.69, 9.17) is 9.47 Å². The fraction of sp³-hybridized carbons (Fsp3) is 0.176. The predicted molar refractivity (Wildman–Crippen MR) is 98.4 cm³/mol. The summed E-state index contributed by atoms with van der Waals surface area (Å²) in [4.78, 5) is 0.160. The van der Waals surface area contributed by atoms with Crippen LogP contribution in [0.2, 0.25) is 0 Å². The zero-order chi connectivity index (χ0) is 17.7. The van der Waals surface area contributed by atoms with Crippen LogP contribution in [0, 0.1) is 0 Å². The fourth-order valence-electron chi connectivity index (χ4n) is 2.14. The van der Waals surface area contributed by atoms with Crippen molar-refractivity contribution in [3.63, 3.8) is 0 Å². The molecule has 0 aromatic heterocycles. The summed E-state index contributed by atoms with van der Waals surface area (Å²) in [5.41, 5.74) is 0.530. The molecule has 5 nitrogen and oxygen atoms in total. The maximum atomic E-state index is 13.0. The van der Waals surface area contributed by atoms with E-state index in [0.717, 1.165) is 0 Å². The first kappa shape index (κ1) is 18.4. The van der Waals surface area contributed by atoms with Gasteiger partial charge in [0.1, 0.15) is 11.5 Å². The van der Waals surface area contributed by atoms with Crippen LogP contribution in [0.15, 0.2) is 64.5 Å². The smallest absolute Gasteiger partial charge is 0.264 e. The van der Waals surface area contributed by atoms with E-state index in [9.17, 15) is 8.42 Å². The first-order valence-corrected chi connectivity index (χ1v) is 9.28. The van der Waals surface area contributed by atoms with Crippen LogP contribution >= 0.6 is 15.9 Å². The predicted octanol–water partition coefficient (Wildman–Crippen LogP) is 3.85. The van der Waals surface area contributed by atoms with E-state index < -0.39 is 10.0 Å². The van der Waals surface area contributed by atoms with E-state index >= 15 is 0 Å². The molecule has 0 N–H and O–H groups in total. The van der Waals surface area contributed by atoms with Crippen LogP contribution in [0.25, 0.3) is 0 Å². The first-order valence-electron chi connectivity index (χ1n) is 7.05. The number of anilines is 1. The molecule has 0 fully saturated rings. The Balaban J connectivity index is 2.48. The minimum Gasteiger partial charge on any atom is -0.497 e. The minimum atomic E-state index is -3.75. The largest absolute Gasteiger partial charge is 0.497 e. The van der Waals surface area contributed by atoms with Gasteiger partial charge in [-0.1, -0.05) is 6.08 Å². The van der Waals surface area contributed by atoms with Gasteiger partial charge in [-0.2, -0.15) is 0 Å². The zero-order valence-corrected chi connectivity index (χ0v) is 15.8. The summed E-state index contributed by atoms with van der Waals surface area (Å²) in [5.74, 6) is 1.22. The van der Waals surface area contributed by atoms with Crippen molar-refractivity contribution in [2.24, 2.45) is 0 Å². The van der Waals surface area contributed by atoms with Crippen molar-refractivity contribution < 1.29 is 17.9 Å². The SMILES string of the molecule is C=CCN(c1ccc(OC)cc1)S(=O)(=O)c1ccc(OC)c(Br)c1. The highest BCUT2D eigenvalue weighted by Crippen LogP contribution is 2.31. The lowest BCUT2D eigenvalue weighted by molar-refractivity contribution is 0.411. The molecule has 0 aliphatic heterocycles. The molecule has 7 heteroatoms. The molecule has 2 rings (SSSR count). The van der Waals surface area contributed by atoms with Gasteiger partial charge in [-0.3, -0.25) is 4.31 Å². The molecule has 0 bridgehead atoms. The number of methoxy groups -OCH3 is 2. The van der Waals surface area contributed by atoms with Crippen LogP contribution in [0.4, 0.5) is 5.69 Å². The molecule has 0 saturated heterocycles. The number of halogens is 1. The number of ether oxygens (including phenoxy) is 2. The molecule has 0 atom stereocenters. The number of hydrogen-bond donors (Lipinski definition) is 0. The molecule has 2 aromatic rings. The number of hydrogen-bond acceptors (Lipinski definition) is 4. The molecule has 0 spiro atoms. The molecule has 128 valence electrons. The van der Waals surface area contributed by atoms with Gasteiger partial charge in [-0.05, 0) is 58.4 Å². The third kappa shape index (κ3) is 3.73. The minimum absolute atomic E-state index is 0.151. The monoisotopic (exact) mass is 411 g/mol. The number of benzene rings is 2. The maximum Gasteiger partial charge on any atom is 0.264 e. The van der Waals surface area contributed by atoms with Crippen molar-refractivity contribution >= 4 is 31.6 Å². The zero-order valence-electron chi connectivity index (χ0n) is 13.4. The molecule has 0 radical (unpaired) electrons. The van der Waals surface area contributed by atoms with Gasteiger partial charge in [0.25, 0.3) is 10.0 Å². The first-order chi connectivity index (χ1) is 11.4. The van der Waals surface area contributed by atoms with E-state index in [1.165, 1.54) is 23.5 Å². The van der Waals surface area contributed by atoms with Gasteiger partial charge in [0.05, 0.1) is 35.8 Å². The Morgan fingerprint density at radius 1 is 1.12 bits per heavy atom. The number of sulfonamides is 1. The van der Waals surface area contributed by atoms with Crippen LogP contribution in [0.5, 0.6) is 11.5 Å². The second-order valence-corrected chi connectivity index (χ2v) is 7.54. The highest BCUT2D eigenvalue weighted by molar-refractivity contribution is 9.10. The highest BCUT2D eigenvalue weighted by atomic mass is 79.9. The van der Waals surface area contributed by atoms with Gasteiger partial charge >= 0.3 is 0 Å². The Morgan fingerprint density at radius 3 is 2.29 bits per heavy atom. The van der Waals surface area contributed by atoms with Crippen LogP contribution in [0.1, 0.15) is 0 Å². The van der Waals surface area contributed by atoms with E-state index in [2.05, 4.69) is 22.5 Å². The topological polar surface area (TPSA) is 55.8 Å². The lowest BCUT2D eigenvalue weighted by Gasteiger charge is -2.23. The summed E-state index contributed by atoms with van der Waals surface area (Å²) >= 11 is 3.32. The van der Waals surface area contributed by atoms with Crippen LogP contribution in [-0.4, -0.2) is 29.2 Å². The molecule has 0 aliphatic rings. The third-order valence-electron chi connectivity index (χ3n) is 3.37. The van der Waals surface area contributed by atoms with Crippen molar-refractivity contribution in [3.05, 3.63) is 59.6 Å². The normalized spacial score (nSPS) is 11.0. The second-order valence-electron chi connectivity index (χ2n) is 4.82. The fourth-order valence-corrected chi connectivity index (χ4v) is 4.30. The lowest BCUT2D eigenvalue weighted by Crippen LogP contribution is -2.31. The molecule has 0 heterocycles. The summed E-state index contributed by atoms with van der Waals surface area (Å²) < 4.78 is 38.1. The van der Waals surface area contributed by atoms with Crippen LogP contribution in [-0.2, 0) is 10.0 Å². The maximum absolute atomic E-state index is 13.0. The second kappa shape index (κ2) is 7.72. The van der Waals surface area contributed by atoms with Gasteiger partial charge in [-0.15, -0.1) is 6.58 Å². The quantitative estimate of drug-likeness (QED) is 0.649. The van der Waals surface area contributed by atoms with Gasteiger partial charge in [0.15, 0.2) is 0 Å². The Morgan fingerprint density at radius 2 is 1.79 bits per heavy atom. The van der Waals surface area contributed by atoms with Crippen molar-refractivity contribution in [3.8, 4) is 11.5 Å². The summed E-state index contributed by atoms with van der Waals surface area (Å²) in [6.07, 6.45) is 1.54. The van der Waals surface area contributed by atoms with Crippen LogP contribution in [0.3, 0.4) is 0 Å². The highest BCUT2D eigenvalue weighted by Gasteiger charge is 2.25. The Labute approximate surface area is 150 Å². The lowest BCUT2D eigenvalue weighted by atomic mass is 10.3. The van der Waals surface area contributed by atoms with E-state index in [0.29, 0.717) is 21.7 Å². The number of rotatable bonds is 7. The van der Waals surface area contributed by atoms with Crippen molar-refractivity contribution in [2.75, 3.05) is 25.1 Å². The molecule has 0 aliphatic carbocycles. The van der Waals surface area contributed by atoms with Gasteiger partial charge in [0.2, 0.25) is 0 Å². The average Bonchev–Trinajstić information content (AvgIpc) is 2.59. The van der Waals surface area contributed by atoms with Gasteiger partial charge < -0.3 is 9.47 Å². The number of nitrogens with zero attached hydrogens (tertiary/aromatic N) is 1. The van der Waals surface area contributed by atoms with Crippen molar-refractivity contribution in [2.45, 2.75) is 4.90 Å². The summed E-state index contributed by atoms with van der Waals surface area (Å²) in [5, 5.41) is 0. The Kier molecular flexibility index (Phi) is 5.90. The third-order valence-corrected chi connectivity index (χ3v) is 5.78. The van der Waals surface area contributed by atoms with Gasteiger partial charge in [-0.25, -0.2) is 8.42 Å². The van der Waals surface area contributed by atoms with Crippen molar-refractivity contribution in [1.29, 1.82) is 0 Å². The molecule has 0 unspecified atom stereocenters. The van der Waals surface area contributed by atoms with Gasteiger partial charge in [0, 0.05) is 0 Å². The summed E-state index contributed by atoms with van der Waals surface area (Å²) in [6, 6.07) is 11.5. The van der Waals surface area contributed by atoms with Crippen molar-refractivity contribution in [1.82, 2.24) is 0 Å². The summed E-state index contributed by atoms with van der Waals surface area (Å²) in [7, 11) is -0.666. The van der Waals surface area contributed by atoms with E-state index in [1.54, 1.807) is 43.5 Å². The average molecular weight is 412 g/mol. The molecule has 0 amide bonds. The van der Waals surface area contributed by atoms with E-state index in [1.807, 2.05) is 0 Å². The Hall–Kier alpha value is -1.99. The molecule has 0 saturated carbocycles. The molecule has 2 aromatic carbocycles. The van der Waals surface area contributed by atoms with Crippen LogP contribution < -0.4 is 13.8 Å². The molecular formula is C17H18BrNO4S. The Bertz CT molecular complexity index is 819. The molecule has 24 heavy (non-hydrogen) atoms. The standard InChI is InChI=1S/C17H18BrNO4S/c1-4-11-19(13-5-7-14(22-2)8-6-13)24(20,21)15-9-10-17(23-3)16(18)12-15/h4-10,12H,1,11H2,2-3H3.